The summed E-state index contributed by atoms with van der Waals surface area (Å²) in [5.74, 6) is -1.03. The summed E-state index contributed by atoms with van der Waals surface area (Å²) in [5, 5.41) is 9.47. The second kappa shape index (κ2) is 6.32. The minimum atomic E-state index is -0.990. The number of methoxy groups -OCH3 is 1. The van der Waals surface area contributed by atoms with Gasteiger partial charge in [-0.3, -0.25) is 9.59 Å². The van der Waals surface area contributed by atoms with E-state index in [1.807, 2.05) is 24.3 Å². The molecule has 0 radical (unpaired) electrons. The van der Waals surface area contributed by atoms with E-state index in [1.54, 1.807) is 4.90 Å². The van der Waals surface area contributed by atoms with E-state index in [4.69, 9.17) is 4.74 Å². The van der Waals surface area contributed by atoms with Gasteiger partial charge in [-0.05, 0) is 29.5 Å². The summed E-state index contributed by atoms with van der Waals surface area (Å²) in [7, 11) is 1.49. The van der Waals surface area contributed by atoms with Gasteiger partial charge >= 0.3 is 5.97 Å². The van der Waals surface area contributed by atoms with Gasteiger partial charge in [0.05, 0.1) is 6.61 Å². The lowest BCUT2D eigenvalue weighted by molar-refractivity contribution is -0.151. The standard InChI is InChI=1S/C18H25NO4/c1-17(2,3)14-7-5-13(6-8-14)15(20)19-10-9-18(11-19,12-23-4)16(21)22/h5-8H,9-12H2,1-4H3,(H,21,22). The molecule has 0 aliphatic carbocycles. The van der Waals surface area contributed by atoms with E-state index in [0.717, 1.165) is 5.56 Å². The molecular formula is C18H25NO4. The third-order valence-corrected chi connectivity index (χ3v) is 4.51. The number of aliphatic carboxylic acids is 1. The highest BCUT2D eigenvalue weighted by Gasteiger charge is 2.46. The van der Waals surface area contributed by atoms with Gasteiger partial charge in [0.1, 0.15) is 5.41 Å². The van der Waals surface area contributed by atoms with Gasteiger partial charge in [0, 0.05) is 25.8 Å². The fraction of sp³-hybridized carbons (Fsp3) is 0.556. The molecule has 1 saturated heterocycles. The van der Waals surface area contributed by atoms with Crippen molar-refractivity contribution in [1.29, 1.82) is 0 Å². The first-order valence-corrected chi connectivity index (χ1v) is 7.82. The molecule has 1 aromatic carbocycles. The Morgan fingerprint density at radius 3 is 2.35 bits per heavy atom. The molecule has 0 aromatic heterocycles. The normalized spacial score (nSPS) is 21.5. The first-order chi connectivity index (χ1) is 10.7. The summed E-state index contributed by atoms with van der Waals surface area (Å²) >= 11 is 0. The van der Waals surface area contributed by atoms with Crippen LogP contribution in [0, 0.1) is 5.41 Å². The monoisotopic (exact) mass is 319 g/mol. The fourth-order valence-electron chi connectivity index (χ4n) is 2.97. The lowest BCUT2D eigenvalue weighted by Gasteiger charge is -2.24. The molecule has 0 spiro atoms. The van der Waals surface area contributed by atoms with Crippen LogP contribution in [0.5, 0.6) is 0 Å². The number of carbonyl (C=O) groups is 2. The number of hydrogen-bond acceptors (Lipinski definition) is 3. The van der Waals surface area contributed by atoms with Crippen molar-refractivity contribution in [2.75, 3.05) is 26.8 Å². The molecule has 2 rings (SSSR count). The zero-order valence-corrected chi connectivity index (χ0v) is 14.3. The van der Waals surface area contributed by atoms with Crippen molar-refractivity contribution in [2.24, 2.45) is 5.41 Å². The fourth-order valence-corrected chi connectivity index (χ4v) is 2.97. The SMILES string of the molecule is COCC1(C(=O)O)CCN(C(=O)c2ccc(C(C)(C)C)cc2)C1. The van der Waals surface area contributed by atoms with Crippen LogP contribution in [-0.2, 0) is 14.9 Å². The summed E-state index contributed by atoms with van der Waals surface area (Å²) in [6, 6.07) is 7.56. The van der Waals surface area contributed by atoms with Crippen molar-refractivity contribution in [3.8, 4) is 0 Å². The van der Waals surface area contributed by atoms with Gasteiger partial charge in [-0.15, -0.1) is 0 Å². The quantitative estimate of drug-likeness (QED) is 0.926. The van der Waals surface area contributed by atoms with Gasteiger partial charge in [-0.25, -0.2) is 0 Å². The Morgan fingerprint density at radius 1 is 1.26 bits per heavy atom. The topological polar surface area (TPSA) is 66.8 Å². The lowest BCUT2D eigenvalue weighted by Crippen LogP contribution is -2.40. The van der Waals surface area contributed by atoms with E-state index in [-0.39, 0.29) is 24.5 Å². The molecule has 0 saturated carbocycles. The Morgan fingerprint density at radius 2 is 1.87 bits per heavy atom. The van der Waals surface area contributed by atoms with E-state index in [9.17, 15) is 14.7 Å². The summed E-state index contributed by atoms with van der Waals surface area (Å²) in [4.78, 5) is 25.8. The second-order valence-electron chi connectivity index (χ2n) is 7.32. The van der Waals surface area contributed by atoms with E-state index in [2.05, 4.69) is 20.8 Å². The summed E-state index contributed by atoms with van der Waals surface area (Å²) < 4.78 is 5.06. The minimum Gasteiger partial charge on any atom is -0.481 e. The van der Waals surface area contributed by atoms with Crippen molar-refractivity contribution in [3.63, 3.8) is 0 Å². The third-order valence-electron chi connectivity index (χ3n) is 4.51. The van der Waals surface area contributed by atoms with Crippen LogP contribution in [0.3, 0.4) is 0 Å². The number of amides is 1. The summed E-state index contributed by atoms with van der Waals surface area (Å²) in [6.45, 7) is 7.11. The van der Waals surface area contributed by atoms with E-state index >= 15 is 0 Å². The second-order valence-corrected chi connectivity index (χ2v) is 7.32. The number of nitrogens with zero attached hydrogens (tertiary/aromatic N) is 1. The van der Waals surface area contributed by atoms with Crippen LogP contribution in [-0.4, -0.2) is 48.7 Å². The van der Waals surface area contributed by atoms with E-state index in [1.165, 1.54) is 7.11 Å². The smallest absolute Gasteiger partial charge is 0.313 e. The maximum Gasteiger partial charge on any atom is 0.313 e. The van der Waals surface area contributed by atoms with Crippen molar-refractivity contribution >= 4 is 11.9 Å². The van der Waals surface area contributed by atoms with Crippen LogP contribution in [0.2, 0.25) is 0 Å². The number of ether oxygens (including phenoxy) is 1. The van der Waals surface area contributed by atoms with Crippen LogP contribution < -0.4 is 0 Å². The van der Waals surface area contributed by atoms with Crippen LogP contribution >= 0.6 is 0 Å². The molecule has 1 atom stereocenters. The van der Waals surface area contributed by atoms with Gasteiger partial charge in [0.2, 0.25) is 0 Å². The maximum absolute atomic E-state index is 12.6. The molecule has 1 amide bonds. The largest absolute Gasteiger partial charge is 0.481 e. The molecule has 1 aliphatic heterocycles. The third kappa shape index (κ3) is 3.55. The first-order valence-electron chi connectivity index (χ1n) is 7.82. The van der Waals surface area contributed by atoms with Crippen molar-refractivity contribution in [2.45, 2.75) is 32.6 Å². The van der Waals surface area contributed by atoms with Gasteiger partial charge < -0.3 is 14.7 Å². The van der Waals surface area contributed by atoms with Crippen molar-refractivity contribution < 1.29 is 19.4 Å². The molecule has 23 heavy (non-hydrogen) atoms. The number of rotatable bonds is 4. The summed E-state index contributed by atoms with van der Waals surface area (Å²) in [6.07, 6.45) is 0.419. The van der Waals surface area contributed by atoms with Crippen LogP contribution in [0.1, 0.15) is 43.1 Å². The van der Waals surface area contributed by atoms with Gasteiger partial charge in [-0.2, -0.15) is 0 Å². The number of benzene rings is 1. The van der Waals surface area contributed by atoms with Gasteiger partial charge in [-0.1, -0.05) is 32.9 Å². The van der Waals surface area contributed by atoms with E-state index < -0.39 is 11.4 Å². The van der Waals surface area contributed by atoms with Crippen molar-refractivity contribution in [1.82, 2.24) is 4.90 Å². The number of carboxylic acids is 1. The Labute approximate surface area is 137 Å². The molecule has 1 unspecified atom stereocenters. The number of carbonyl (C=O) groups excluding carboxylic acids is 1. The first kappa shape index (κ1) is 17.5. The molecule has 1 aliphatic rings. The average Bonchev–Trinajstić information content (AvgIpc) is 2.92. The predicted molar refractivity (Wildman–Crippen MR) is 87.6 cm³/mol. The van der Waals surface area contributed by atoms with Gasteiger partial charge in [0.15, 0.2) is 0 Å². The predicted octanol–water partition coefficient (Wildman–Crippen LogP) is 2.55. The molecule has 1 N–H and O–H groups in total. The molecule has 1 fully saturated rings. The van der Waals surface area contributed by atoms with Crippen LogP contribution in [0.4, 0.5) is 0 Å². The highest BCUT2D eigenvalue weighted by molar-refractivity contribution is 5.95. The Hall–Kier alpha value is -1.88. The molecule has 1 aromatic rings. The molecule has 1 heterocycles. The van der Waals surface area contributed by atoms with Crippen LogP contribution in [0.25, 0.3) is 0 Å². The number of hydrogen-bond donors (Lipinski definition) is 1. The molecule has 5 heteroatoms. The molecule has 126 valence electrons. The lowest BCUT2D eigenvalue weighted by atomic mass is 9.86. The Kier molecular flexibility index (Phi) is 4.80. The molecule has 0 bridgehead atoms. The van der Waals surface area contributed by atoms with Crippen LogP contribution in [0.15, 0.2) is 24.3 Å². The number of likely N-dealkylation sites (tertiary alicyclic amines) is 1. The maximum atomic E-state index is 12.6. The Balaban J connectivity index is 2.14. The summed E-state index contributed by atoms with van der Waals surface area (Å²) in [5.41, 5.74) is 0.799. The van der Waals surface area contributed by atoms with Crippen molar-refractivity contribution in [3.05, 3.63) is 35.4 Å². The molecular weight excluding hydrogens is 294 g/mol. The highest BCUT2D eigenvalue weighted by atomic mass is 16.5. The zero-order chi connectivity index (χ0) is 17.3. The average molecular weight is 319 g/mol. The highest BCUT2D eigenvalue weighted by Crippen LogP contribution is 2.32. The Bertz CT molecular complexity index is 588. The zero-order valence-electron chi connectivity index (χ0n) is 14.3. The number of carboxylic acid groups (broad SMARTS) is 1. The molecule has 5 nitrogen and oxygen atoms in total. The minimum absolute atomic E-state index is 0.0339. The van der Waals surface area contributed by atoms with Gasteiger partial charge in [0.25, 0.3) is 5.91 Å². The van der Waals surface area contributed by atoms with E-state index in [0.29, 0.717) is 18.5 Å².